The van der Waals surface area contributed by atoms with Gasteiger partial charge in [0.25, 0.3) is 5.91 Å². The first-order valence-corrected chi connectivity index (χ1v) is 6.77. The maximum absolute atomic E-state index is 12.3. The highest BCUT2D eigenvalue weighted by Gasteiger charge is 2.24. The first-order chi connectivity index (χ1) is 9.20. The van der Waals surface area contributed by atoms with Crippen LogP contribution in [0.15, 0.2) is 30.3 Å². The molecule has 0 bridgehead atoms. The summed E-state index contributed by atoms with van der Waals surface area (Å²) in [5, 5.41) is 3.10. The van der Waals surface area contributed by atoms with Gasteiger partial charge in [-0.2, -0.15) is 0 Å². The van der Waals surface area contributed by atoms with E-state index >= 15 is 0 Å². The molecule has 1 saturated heterocycles. The van der Waals surface area contributed by atoms with Gasteiger partial charge in [-0.25, -0.2) is 0 Å². The first-order valence-electron chi connectivity index (χ1n) is 6.77. The monoisotopic (exact) mass is 262 g/mol. The van der Waals surface area contributed by atoms with Crippen LogP contribution < -0.4 is 5.32 Å². The molecule has 0 spiro atoms. The molecule has 0 aliphatic carbocycles. The molecule has 1 aliphatic heterocycles. The molecular formula is C15H22N2O2. The summed E-state index contributed by atoms with van der Waals surface area (Å²) in [6.45, 7) is 2.07. The molecule has 1 N–H and O–H groups in total. The van der Waals surface area contributed by atoms with Crippen LogP contribution in [0.1, 0.15) is 24.5 Å². The van der Waals surface area contributed by atoms with Crippen molar-refractivity contribution in [1.82, 2.24) is 10.2 Å². The number of methoxy groups -OCH3 is 1. The number of carbonyl (C=O) groups is 1. The minimum Gasteiger partial charge on any atom is -0.367 e. The number of benzene rings is 1. The maximum atomic E-state index is 12.3. The lowest BCUT2D eigenvalue weighted by Crippen LogP contribution is -2.45. The quantitative estimate of drug-likeness (QED) is 0.896. The van der Waals surface area contributed by atoms with Crippen molar-refractivity contribution < 1.29 is 9.53 Å². The van der Waals surface area contributed by atoms with Crippen LogP contribution in [0.4, 0.5) is 0 Å². The van der Waals surface area contributed by atoms with E-state index in [1.807, 2.05) is 30.3 Å². The van der Waals surface area contributed by atoms with Gasteiger partial charge in [-0.3, -0.25) is 4.79 Å². The van der Waals surface area contributed by atoms with Gasteiger partial charge >= 0.3 is 0 Å². The predicted octanol–water partition coefficient (Wildman–Crippen LogP) is 1.58. The normalized spacial score (nSPS) is 19.1. The Hall–Kier alpha value is -1.39. The van der Waals surface area contributed by atoms with Gasteiger partial charge in [0.1, 0.15) is 0 Å². The number of nitrogens with one attached hydrogen (secondary N) is 1. The molecule has 1 aromatic carbocycles. The molecule has 0 saturated carbocycles. The number of ether oxygens (including phenoxy) is 1. The zero-order chi connectivity index (χ0) is 13.7. The minimum absolute atomic E-state index is 0.0387. The fraction of sp³-hybridized carbons (Fsp3) is 0.533. The Bertz CT molecular complexity index is 400. The number of nitrogens with zero attached hydrogens (tertiary/aromatic N) is 1. The molecule has 1 atom stereocenters. The van der Waals surface area contributed by atoms with E-state index in [4.69, 9.17) is 4.74 Å². The largest absolute Gasteiger partial charge is 0.367 e. The van der Waals surface area contributed by atoms with E-state index in [2.05, 4.69) is 17.3 Å². The Morgan fingerprint density at radius 2 is 1.95 bits per heavy atom. The van der Waals surface area contributed by atoms with Gasteiger partial charge in [0.15, 0.2) is 6.10 Å². The lowest BCUT2D eigenvalue weighted by Gasteiger charge is -2.30. The van der Waals surface area contributed by atoms with Gasteiger partial charge in [0.05, 0.1) is 0 Å². The van der Waals surface area contributed by atoms with Crippen molar-refractivity contribution in [2.24, 2.45) is 0 Å². The van der Waals surface area contributed by atoms with Crippen molar-refractivity contribution in [3.63, 3.8) is 0 Å². The van der Waals surface area contributed by atoms with Crippen molar-refractivity contribution in [2.75, 3.05) is 27.2 Å². The third-order valence-corrected chi connectivity index (χ3v) is 3.64. The molecule has 4 heteroatoms. The second-order valence-corrected chi connectivity index (χ2v) is 5.11. The van der Waals surface area contributed by atoms with Crippen LogP contribution in [-0.2, 0) is 9.53 Å². The molecule has 2 rings (SSSR count). The van der Waals surface area contributed by atoms with Crippen LogP contribution in [-0.4, -0.2) is 44.1 Å². The molecule has 0 aromatic heterocycles. The fourth-order valence-corrected chi connectivity index (χ4v) is 2.45. The third-order valence-electron chi connectivity index (χ3n) is 3.64. The Balaban J connectivity index is 1.94. The highest BCUT2D eigenvalue weighted by Crippen LogP contribution is 2.17. The topological polar surface area (TPSA) is 41.6 Å². The maximum Gasteiger partial charge on any atom is 0.253 e. The summed E-state index contributed by atoms with van der Waals surface area (Å²) < 4.78 is 5.34. The Kier molecular flexibility index (Phi) is 4.93. The van der Waals surface area contributed by atoms with Gasteiger partial charge in [0.2, 0.25) is 0 Å². The van der Waals surface area contributed by atoms with E-state index in [0.717, 1.165) is 31.5 Å². The lowest BCUT2D eigenvalue weighted by atomic mass is 10.0. The zero-order valence-corrected chi connectivity index (χ0v) is 11.6. The first kappa shape index (κ1) is 14.0. The van der Waals surface area contributed by atoms with Crippen molar-refractivity contribution >= 4 is 5.91 Å². The number of rotatable bonds is 4. The highest BCUT2D eigenvalue weighted by atomic mass is 16.5. The van der Waals surface area contributed by atoms with Crippen molar-refractivity contribution in [3.05, 3.63) is 35.9 Å². The van der Waals surface area contributed by atoms with E-state index in [1.54, 1.807) is 7.11 Å². The number of amides is 1. The summed E-state index contributed by atoms with van der Waals surface area (Å²) in [6.07, 6.45) is 1.50. The molecule has 0 radical (unpaired) electrons. The fourth-order valence-electron chi connectivity index (χ4n) is 2.45. The van der Waals surface area contributed by atoms with Crippen LogP contribution in [0.25, 0.3) is 0 Å². The summed E-state index contributed by atoms with van der Waals surface area (Å²) in [7, 11) is 3.69. The minimum atomic E-state index is -0.513. The van der Waals surface area contributed by atoms with Gasteiger partial charge in [-0.15, -0.1) is 0 Å². The molecule has 1 amide bonds. The molecule has 4 nitrogen and oxygen atoms in total. The Morgan fingerprint density at radius 3 is 2.53 bits per heavy atom. The van der Waals surface area contributed by atoms with Crippen LogP contribution in [0, 0.1) is 0 Å². The summed E-state index contributed by atoms with van der Waals surface area (Å²) in [6, 6.07) is 9.88. The molecule has 1 heterocycles. The Morgan fingerprint density at radius 1 is 1.32 bits per heavy atom. The van der Waals surface area contributed by atoms with E-state index < -0.39 is 6.10 Å². The average molecular weight is 262 g/mol. The summed E-state index contributed by atoms with van der Waals surface area (Å²) in [4.78, 5) is 14.6. The van der Waals surface area contributed by atoms with Gasteiger partial charge in [-0.05, 0) is 38.5 Å². The van der Waals surface area contributed by atoms with Crippen molar-refractivity contribution in [2.45, 2.75) is 25.0 Å². The molecule has 1 aromatic rings. The van der Waals surface area contributed by atoms with Gasteiger partial charge in [-0.1, -0.05) is 30.3 Å². The summed E-state index contributed by atoms with van der Waals surface area (Å²) in [5.74, 6) is -0.0387. The summed E-state index contributed by atoms with van der Waals surface area (Å²) >= 11 is 0. The van der Waals surface area contributed by atoms with Crippen LogP contribution in [0.3, 0.4) is 0 Å². The smallest absolute Gasteiger partial charge is 0.253 e. The second-order valence-electron chi connectivity index (χ2n) is 5.11. The lowest BCUT2D eigenvalue weighted by molar-refractivity contribution is -0.132. The number of hydrogen-bond donors (Lipinski definition) is 1. The van der Waals surface area contributed by atoms with Crippen LogP contribution in [0.2, 0.25) is 0 Å². The highest BCUT2D eigenvalue weighted by molar-refractivity contribution is 5.82. The van der Waals surface area contributed by atoms with E-state index in [0.29, 0.717) is 0 Å². The zero-order valence-electron chi connectivity index (χ0n) is 11.6. The van der Waals surface area contributed by atoms with Crippen LogP contribution >= 0.6 is 0 Å². The molecule has 1 unspecified atom stereocenters. The molecule has 1 aliphatic rings. The SMILES string of the molecule is COC(C(=O)NC1CCN(C)CC1)c1ccccc1. The Labute approximate surface area is 114 Å². The number of likely N-dealkylation sites (tertiary alicyclic amines) is 1. The van der Waals surface area contributed by atoms with Crippen molar-refractivity contribution in [3.8, 4) is 0 Å². The standard InChI is InChI=1S/C15H22N2O2/c1-17-10-8-13(9-11-17)16-15(18)14(19-2)12-6-4-3-5-7-12/h3-7,13-14H,8-11H2,1-2H3,(H,16,18). The average Bonchev–Trinajstić information content (AvgIpc) is 2.43. The number of hydrogen-bond acceptors (Lipinski definition) is 3. The van der Waals surface area contributed by atoms with E-state index in [9.17, 15) is 4.79 Å². The van der Waals surface area contributed by atoms with Crippen molar-refractivity contribution in [1.29, 1.82) is 0 Å². The molecule has 19 heavy (non-hydrogen) atoms. The predicted molar refractivity (Wildman–Crippen MR) is 74.9 cm³/mol. The number of carbonyl (C=O) groups excluding carboxylic acids is 1. The van der Waals surface area contributed by atoms with Crippen LogP contribution in [0.5, 0.6) is 0 Å². The number of piperidine rings is 1. The summed E-state index contributed by atoms with van der Waals surface area (Å²) in [5.41, 5.74) is 0.899. The van der Waals surface area contributed by atoms with Gasteiger partial charge in [0, 0.05) is 13.2 Å². The molecule has 104 valence electrons. The van der Waals surface area contributed by atoms with E-state index in [-0.39, 0.29) is 11.9 Å². The van der Waals surface area contributed by atoms with Gasteiger partial charge < -0.3 is 15.0 Å². The second kappa shape index (κ2) is 6.68. The van der Waals surface area contributed by atoms with E-state index in [1.165, 1.54) is 0 Å². The molecular weight excluding hydrogens is 240 g/mol. The third kappa shape index (κ3) is 3.78. The molecule has 1 fully saturated rings.